The van der Waals surface area contributed by atoms with Gasteiger partial charge in [-0.15, -0.1) is 0 Å². The molecule has 3 aromatic rings. The van der Waals surface area contributed by atoms with Crippen molar-refractivity contribution in [2.24, 2.45) is 7.05 Å². The van der Waals surface area contributed by atoms with Crippen LogP contribution in [0.2, 0.25) is 0 Å². The lowest BCUT2D eigenvalue weighted by Crippen LogP contribution is -2.07. The number of nitrogen functional groups attached to an aromatic ring is 1. The van der Waals surface area contributed by atoms with Crippen LogP contribution >= 0.6 is 0 Å². The van der Waals surface area contributed by atoms with E-state index in [9.17, 15) is 0 Å². The van der Waals surface area contributed by atoms with Crippen LogP contribution in [-0.2, 0) is 20.0 Å². The minimum Gasteiger partial charge on any atom is -0.369 e. The highest BCUT2D eigenvalue weighted by atomic mass is 16.5. The Morgan fingerprint density at radius 2 is 2.21 bits per heavy atom. The van der Waals surface area contributed by atoms with Crippen molar-refractivity contribution in [1.29, 1.82) is 0 Å². The summed E-state index contributed by atoms with van der Waals surface area (Å²) in [7, 11) is 1.89. The highest BCUT2D eigenvalue weighted by Gasteiger charge is 2.18. The first-order chi connectivity index (χ1) is 9.10. The smallest absolute Gasteiger partial charge is 0.202 e. The molecule has 19 heavy (non-hydrogen) atoms. The van der Waals surface area contributed by atoms with Crippen molar-refractivity contribution in [2.45, 2.75) is 26.8 Å². The minimum atomic E-state index is 0.465. The van der Waals surface area contributed by atoms with Crippen molar-refractivity contribution >= 4 is 17.1 Å². The fourth-order valence-electron chi connectivity index (χ4n) is 2.30. The fraction of sp³-hybridized carbons (Fsp3) is 0.417. The van der Waals surface area contributed by atoms with Gasteiger partial charge in [-0.25, -0.2) is 4.98 Å². The Morgan fingerprint density at radius 3 is 2.84 bits per heavy atom. The largest absolute Gasteiger partial charge is 0.369 e. The zero-order valence-corrected chi connectivity index (χ0v) is 11.2. The average Bonchev–Trinajstić information content (AvgIpc) is 3.00. The molecule has 0 amide bonds. The van der Waals surface area contributed by atoms with E-state index in [2.05, 4.69) is 22.2 Å². The van der Waals surface area contributed by atoms with E-state index in [0.29, 0.717) is 12.5 Å². The molecule has 0 aromatic carbocycles. The average molecular weight is 260 g/mol. The van der Waals surface area contributed by atoms with Crippen molar-refractivity contribution in [3.63, 3.8) is 0 Å². The SMILES string of the molecule is CCc1nn(C)c2c1nc(N)n2Cc1cc(C)no1. The maximum atomic E-state index is 5.99. The zero-order chi connectivity index (χ0) is 13.6. The number of imidazole rings is 1. The van der Waals surface area contributed by atoms with Gasteiger partial charge in [0.1, 0.15) is 5.52 Å². The van der Waals surface area contributed by atoms with Crippen LogP contribution in [0.4, 0.5) is 5.95 Å². The normalized spacial score (nSPS) is 11.5. The summed E-state index contributed by atoms with van der Waals surface area (Å²) in [6.45, 7) is 4.45. The molecule has 0 saturated carbocycles. The first-order valence-corrected chi connectivity index (χ1v) is 6.20. The maximum absolute atomic E-state index is 5.99. The molecule has 2 N–H and O–H groups in total. The Morgan fingerprint density at radius 1 is 1.42 bits per heavy atom. The molecule has 0 radical (unpaired) electrons. The highest BCUT2D eigenvalue weighted by Crippen LogP contribution is 2.22. The van der Waals surface area contributed by atoms with E-state index in [1.165, 1.54) is 0 Å². The number of nitrogens with two attached hydrogens (primary N) is 1. The Kier molecular flexibility index (Phi) is 2.55. The molecule has 0 aliphatic heterocycles. The third-order valence-corrected chi connectivity index (χ3v) is 3.15. The van der Waals surface area contributed by atoms with Crippen LogP contribution in [-0.4, -0.2) is 24.5 Å². The van der Waals surface area contributed by atoms with E-state index in [1.807, 2.05) is 24.6 Å². The third-order valence-electron chi connectivity index (χ3n) is 3.15. The van der Waals surface area contributed by atoms with Crippen molar-refractivity contribution in [2.75, 3.05) is 5.73 Å². The van der Waals surface area contributed by atoms with Crippen molar-refractivity contribution in [3.8, 4) is 0 Å². The number of aryl methyl sites for hydroxylation is 3. The second-order valence-electron chi connectivity index (χ2n) is 4.59. The standard InChI is InChI=1S/C12H16N6O/c1-4-9-10-11(17(3)15-9)18(12(13)14-10)6-8-5-7(2)16-19-8/h5H,4,6H2,1-3H3,(H2,13,14). The summed E-state index contributed by atoms with van der Waals surface area (Å²) in [6.07, 6.45) is 0.829. The van der Waals surface area contributed by atoms with Gasteiger partial charge >= 0.3 is 0 Å². The molecular weight excluding hydrogens is 244 g/mol. The number of hydrogen-bond acceptors (Lipinski definition) is 5. The molecule has 0 bridgehead atoms. The van der Waals surface area contributed by atoms with Crippen LogP contribution in [0.1, 0.15) is 24.1 Å². The van der Waals surface area contributed by atoms with E-state index < -0.39 is 0 Å². The molecule has 3 heterocycles. The summed E-state index contributed by atoms with van der Waals surface area (Å²) in [5.74, 6) is 1.22. The molecule has 0 spiro atoms. The lowest BCUT2D eigenvalue weighted by molar-refractivity contribution is 0.374. The van der Waals surface area contributed by atoms with Crippen LogP contribution in [0.15, 0.2) is 10.6 Å². The van der Waals surface area contributed by atoms with Gasteiger partial charge in [-0.1, -0.05) is 12.1 Å². The molecule has 0 saturated heterocycles. The van der Waals surface area contributed by atoms with Crippen molar-refractivity contribution in [3.05, 3.63) is 23.2 Å². The highest BCUT2D eigenvalue weighted by molar-refractivity contribution is 5.77. The Hall–Kier alpha value is -2.31. The lowest BCUT2D eigenvalue weighted by atomic mass is 10.3. The second-order valence-corrected chi connectivity index (χ2v) is 4.59. The summed E-state index contributed by atoms with van der Waals surface area (Å²) in [5, 5.41) is 8.33. The number of nitrogens with zero attached hydrogens (tertiary/aromatic N) is 5. The van der Waals surface area contributed by atoms with E-state index in [1.54, 1.807) is 4.68 Å². The topological polar surface area (TPSA) is 87.7 Å². The minimum absolute atomic E-state index is 0.465. The van der Waals surface area contributed by atoms with Crippen molar-refractivity contribution < 1.29 is 4.52 Å². The van der Waals surface area contributed by atoms with Gasteiger partial charge < -0.3 is 10.3 Å². The van der Waals surface area contributed by atoms with Gasteiger partial charge in [0.25, 0.3) is 0 Å². The van der Waals surface area contributed by atoms with Crippen LogP contribution in [0, 0.1) is 6.92 Å². The summed E-state index contributed by atoms with van der Waals surface area (Å²) in [4.78, 5) is 4.40. The van der Waals surface area contributed by atoms with Crippen LogP contribution in [0.25, 0.3) is 11.2 Å². The molecule has 100 valence electrons. The van der Waals surface area contributed by atoms with Gasteiger partial charge in [0.2, 0.25) is 5.95 Å². The van der Waals surface area contributed by atoms with Crippen LogP contribution < -0.4 is 5.73 Å². The number of aromatic nitrogens is 5. The summed E-state index contributed by atoms with van der Waals surface area (Å²) in [5.41, 5.74) is 9.57. The number of fused-ring (bicyclic) bond motifs is 1. The first kappa shape index (κ1) is 11.8. The molecule has 3 aromatic heterocycles. The molecule has 0 aliphatic carbocycles. The first-order valence-electron chi connectivity index (χ1n) is 6.20. The van der Waals surface area contributed by atoms with E-state index in [4.69, 9.17) is 10.3 Å². The van der Waals surface area contributed by atoms with Crippen LogP contribution in [0.5, 0.6) is 0 Å². The Bertz CT molecular complexity index is 735. The van der Waals surface area contributed by atoms with Gasteiger partial charge in [0, 0.05) is 13.1 Å². The van der Waals surface area contributed by atoms with E-state index in [0.717, 1.165) is 34.7 Å². The Labute approximate surface area is 110 Å². The van der Waals surface area contributed by atoms with E-state index >= 15 is 0 Å². The fourth-order valence-corrected chi connectivity index (χ4v) is 2.30. The molecule has 3 rings (SSSR count). The molecule has 0 fully saturated rings. The van der Waals surface area contributed by atoms with Gasteiger partial charge in [-0.2, -0.15) is 5.10 Å². The number of anilines is 1. The molecular formula is C12H16N6O. The van der Waals surface area contributed by atoms with Gasteiger partial charge in [0.05, 0.1) is 17.9 Å². The Balaban J connectivity index is 2.12. The number of rotatable bonds is 3. The predicted molar refractivity (Wildman–Crippen MR) is 70.6 cm³/mol. The second kappa shape index (κ2) is 4.11. The zero-order valence-electron chi connectivity index (χ0n) is 11.2. The molecule has 0 unspecified atom stereocenters. The van der Waals surface area contributed by atoms with Gasteiger partial charge in [0.15, 0.2) is 11.4 Å². The maximum Gasteiger partial charge on any atom is 0.202 e. The lowest BCUT2D eigenvalue weighted by Gasteiger charge is -2.03. The predicted octanol–water partition coefficient (Wildman–Crippen LogP) is 1.26. The molecule has 7 heteroatoms. The van der Waals surface area contributed by atoms with Crippen LogP contribution in [0.3, 0.4) is 0 Å². The summed E-state index contributed by atoms with van der Waals surface area (Å²) < 4.78 is 8.93. The van der Waals surface area contributed by atoms with Gasteiger partial charge in [-0.05, 0) is 13.3 Å². The summed E-state index contributed by atoms with van der Waals surface area (Å²) in [6, 6.07) is 1.89. The van der Waals surface area contributed by atoms with Gasteiger partial charge in [-0.3, -0.25) is 9.25 Å². The monoisotopic (exact) mass is 260 g/mol. The molecule has 7 nitrogen and oxygen atoms in total. The third kappa shape index (κ3) is 1.78. The quantitative estimate of drug-likeness (QED) is 0.766. The molecule has 0 aliphatic rings. The van der Waals surface area contributed by atoms with E-state index in [-0.39, 0.29) is 0 Å². The number of hydrogen-bond donors (Lipinski definition) is 1. The molecule has 0 atom stereocenters. The summed E-state index contributed by atoms with van der Waals surface area (Å²) >= 11 is 0. The van der Waals surface area contributed by atoms with Crippen molar-refractivity contribution in [1.82, 2.24) is 24.5 Å².